The van der Waals surface area contributed by atoms with Gasteiger partial charge >= 0.3 is 0 Å². The molecule has 2 rings (SSSR count). The lowest BCUT2D eigenvalue weighted by Crippen LogP contribution is -2.30. The summed E-state index contributed by atoms with van der Waals surface area (Å²) in [5.74, 6) is 0.139. The number of sulfonamides is 1. The van der Waals surface area contributed by atoms with Crippen LogP contribution in [0.3, 0.4) is 0 Å². The molecule has 6 nitrogen and oxygen atoms in total. The number of aryl methyl sites for hydroxylation is 1. The van der Waals surface area contributed by atoms with Crippen LogP contribution in [0.15, 0.2) is 47.4 Å². The van der Waals surface area contributed by atoms with Crippen molar-refractivity contribution < 1.29 is 17.9 Å². The van der Waals surface area contributed by atoms with Crippen LogP contribution < -0.4 is 10.1 Å². The normalized spacial score (nSPS) is 11.5. The van der Waals surface area contributed by atoms with E-state index in [9.17, 15) is 13.2 Å². The summed E-state index contributed by atoms with van der Waals surface area (Å²) in [7, 11) is -2.17. The van der Waals surface area contributed by atoms with Crippen molar-refractivity contribution in [1.29, 1.82) is 0 Å². The van der Waals surface area contributed by atoms with Crippen LogP contribution in [0.2, 0.25) is 5.02 Å². The number of amides is 1. The molecule has 0 fully saturated rings. The zero-order chi connectivity index (χ0) is 20.7. The van der Waals surface area contributed by atoms with Gasteiger partial charge in [-0.25, -0.2) is 8.42 Å². The highest BCUT2D eigenvalue weighted by Gasteiger charge is 2.23. The molecule has 0 unspecified atom stereocenters. The van der Waals surface area contributed by atoms with Crippen molar-refractivity contribution in [2.45, 2.75) is 31.6 Å². The summed E-state index contributed by atoms with van der Waals surface area (Å²) in [6.45, 7) is 4.29. The third-order valence-electron chi connectivity index (χ3n) is 4.37. The number of anilines is 1. The van der Waals surface area contributed by atoms with E-state index < -0.39 is 10.0 Å². The van der Waals surface area contributed by atoms with E-state index in [4.69, 9.17) is 16.3 Å². The zero-order valence-electron chi connectivity index (χ0n) is 16.2. The predicted octanol–water partition coefficient (Wildman–Crippen LogP) is 3.95. The standard InChI is InChI=1S/C20H25ClN2O4S/c1-4-23(5-2)28(25,26)16-11-12-19(27-3)18(14-16)22-20(24)13-10-15-8-6-7-9-17(15)21/h6-9,11-12,14H,4-5,10,13H2,1-3H3,(H,22,24). The molecular formula is C20H25ClN2O4S. The number of hydrogen-bond donors (Lipinski definition) is 1. The number of carbonyl (C=O) groups is 1. The van der Waals surface area contributed by atoms with Crippen LogP contribution in [0.4, 0.5) is 5.69 Å². The zero-order valence-corrected chi connectivity index (χ0v) is 17.8. The number of nitrogens with zero attached hydrogens (tertiary/aromatic N) is 1. The molecule has 0 aromatic heterocycles. The first-order valence-corrected chi connectivity index (χ1v) is 10.9. The minimum atomic E-state index is -3.64. The molecule has 2 aromatic carbocycles. The maximum Gasteiger partial charge on any atom is 0.243 e. The van der Waals surface area contributed by atoms with Gasteiger partial charge in [0, 0.05) is 24.5 Å². The molecule has 0 saturated heterocycles. The van der Waals surface area contributed by atoms with Crippen LogP contribution in [0, 0.1) is 0 Å². The van der Waals surface area contributed by atoms with Gasteiger partial charge in [0.25, 0.3) is 0 Å². The Morgan fingerprint density at radius 3 is 2.43 bits per heavy atom. The first kappa shape index (κ1) is 22.2. The molecule has 0 atom stereocenters. The highest BCUT2D eigenvalue weighted by molar-refractivity contribution is 7.89. The highest BCUT2D eigenvalue weighted by atomic mass is 35.5. The van der Waals surface area contributed by atoms with Gasteiger partial charge in [-0.15, -0.1) is 0 Å². The average molecular weight is 425 g/mol. The number of methoxy groups -OCH3 is 1. The first-order valence-electron chi connectivity index (χ1n) is 9.04. The van der Waals surface area contributed by atoms with Crippen LogP contribution in [0.1, 0.15) is 25.8 Å². The predicted molar refractivity (Wildman–Crippen MR) is 112 cm³/mol. The second-order valence-electron chi connectivity index (χ2n) is 6.09. The minimum Gasteiger partial charge on any atom is -0.495 e. The van der Waals surface area contributed by atoms with Gasteiger partial charge in [0.05, 0.1) is 17.7 Å². The van der Waals surface area contributed by atoms with Gasteiger partial charge in [0.15, 0.2) is 0 Å². The van der Waals surface area contributed by atoms with E-state index >= 15 is 0 Å². The van der Waals surface area contributed by atoms with Gasteiger partial charge in [-0.2, -0.15) is 4.31 Å². The second kappa shape index (κ2) is 9.91. The number of rotatable bonds is 9. The lowest BCUT2D eigenvalue weighted by molar-refractivity contribution is -0.116. The lowest BCUT2D eigenvalue weighted by atomic mass is 10.1. The maximum absolute atomic E-state index is 12.7. The summed E-state index contributed by atoms with van der Waals surface area (Å²) in [4.78, 5) is 12.5. The van der Waals surface area contributed by atoms with Crippen molar-refractivity contribution in [3.05, 3.63) is 53.1 Å². The Morgan fingerprint density at radius 1 is 1.14 bits per heavy atom. The molecule has 2 aromatic rings. The molecule has 0 aliphatic rings. The van der Waals surface area contributed by atoms with Crippen molar-refractivity contribution in [2.75, 3.05) is 25.5 Å². The third-order valence-corrected chi connectivity index (χ3v) is 6.78. The van der Waals surface area contributed by atoms with Crippen LogP contribution in [0.25, 0.3) is 0 Å². The Labute approximate surface area is 171 Å². The summed E-state index contributed by atoms with van der Waals surface area (Å²) < 4.78 is 32.1. The number of nitrogens with one attached hydrogen (secondary N) is 1. The molecule has 0 radical (unpaired) electrons. The van der Waals surface area contributed by atoms with Crippen molar-refractivity contribution in [1.82, 2.24) is 4.31 Å². The molecule has 0 spiro atoms. The van der Waals surface area contributed by atoms with Crippen molar-refractivity contribution in [3.63, 3.8) is 0 Å². The monoisotopic (exact) mass is 424 g/mol. The fraction of sp³-hybridized carbons (Fsp3) is 0.350. The topological polar surface area (TPSA) is 75.7 Å². The summed E-state index contributed by atoms with van der Waals surface area (Å²) in [6.07, 6.45) is 0.686. The van der Waals surface area contributed by atoms with E-state index in [0.29, 0.717) is 36.0 Å². The molecule has 1 N–H and O–H groups in total. The van der Waals surface area contributed by atoms with Crippen LogP contribution >= 0.6 is 11.6 Å². The van der Waals surface area contributed by atoms with Crippen LogP contribution in [0.5, 0.6) is 5.75 Å². The summed E-state index contributed by atoms with van der Waals surface area (Å²) in [5.41, 5.74) is 1.20. The smallest absolute Gasteiger partial charge is 0.243 e. The largest absolute Gasteiger partial charge is 0.495 e. The van der Waals surface area contributed by atoms with Gasteiger partial charge < -0.3 is 10.1 Å². The van der Waals surface area contributed by atoms with Crippen molar-refractivity contribution in [3.8, 4) is 5.75 Å². The molecule has 0 aliphatic carbocycles. The molecule has 0 bridgehead atoms. The quantitative estimate of drug-likeness (QED) is 0.661. The Kier molecular flexibility index (Phi) is 7.86. The van der Waals surface area contributed by atoms with E-state index in [2.05, 4.69) is 5.32 Å². The lowest BCUT2D eigenvalue weighted by Gasteiger charge is -2.19. The number of carbonyl (C=O) groups excluding carboxylic acids is 1. The highest BCUT2D eigenvalue weighted by Crippen LogP contribution is 2.29. The number of halogens is 1. The average Bonchev–Trinajstić information content (AvgIpc) is 2.68. The molecular weight excluding hydrogens is 400 g/mol. The molecule has 8 heteroatoms. The fourth-order valence-electron chi connectivity index (χ4n) is 2.82. The molecule has 28 heavy (non-hydrogen) atoms. The molecule has 0 heterocycles. The number of benzene rings is 2. The number of ether oxygens (including phenoxy) is 1. The SMILES string of the molecule is CCN(CC)S(=O)(=O)c1ccc(OC)c(NC(=O)CCc2ccccc2Cl)c1. The van der Waals surface area contributed by atoms with Crippen LogP contribution in [-0.2, 0) is 21.2 Å². The van der Waals surface area contributed by atoms with Gasteiger partial charge in [0.2, 0.25) is 15.9 Å². The van der Waals surface area contributed by atoms with E-state index in [1.165, 1.54) is 23.5 Å². The minimum absolute atomic E-state index is 0.110. The van der Waals surface area contributed by atoms with Gasteiger partial charge in [-0.3, -0.25) is 4.79 Å². The Balaban J connectivity index is 2.20. The van der Waals surface area contributed by atoms with Crippen molar-refractivity contribution >= 4 is 33.2 Å². The summed E-state index contributed by atoms with van der Waals surface area (Å²) in [6, 6.07) is 11.8. The van der Waals surface area contributed by atoms with E-state index in [1.54, 1.807) is 26.0 Å². The van der Waals surface area contributed by atoms with E-state index in [0.717, 1.165) is 5.56 Å². The second-order valence-corrected chi connectivity index (χ2v) is 8.44. The Morgan fingerprint density at radius 2 is 1.82 bits per heavy atom. The maximum atomic E-state index is 12.7. The molecule has 0 aliphatic heterocycles. The third kappa shape index (κ3) is 5.25. The first-order chi connectivity index (χ1) is 13.3. The Hall–Kier alpha value is -2.09. The molecule has 1 amide bonds. The van der Waals surface area contributed by atoms with E-state index in [-0.39, 0.29) is 17.2 Å². The van der Waals surface area contributed by atoms with Gasteiger partial charge in [-0.05, 0) is 36.2 Å². The Bertz CT molecular complexity index is 928. The summed E-state index contributed by atoms with van der Waals surface area (Å²) in [5, 5.41) is 3.36. The summed E-state index contributed by atoms with van der Waals surface area (Å²) >= 11 is 6.12. The molecule has 0 saturated carbocycles. The van der Waals surface area contributed by atoms with E-state index in [1.807, 2.05) is 18.2 Å². The van der Waals surface area contributed by atoms with Gasteiger partial charge in [0.1, 0.15) is 5.75 Å². The number of hydrogen-bond acceptors (Lipinski definition) is 4. The van der Waals surface area contributed by atoms with Crippen molar-refractivity contribution in [2.24, 2.45) is 0 Å². The molecule has 152 valence electrons. The fourth-order valence-corrected chi connectivity index (χ4v) is 4.53. The van der Waals surface area contributed by atoms with Gasteiger partial charge in [-0.1, -0.05) is 43.6 Å². The van der Waals surface area contributed by atoms with Crippen LogP contribution in [-0.4, -0.2) is 38.8 Å².